The largest absolute Gasteiger partial charge is 0.300 e. The standard InChI is InChI=1S/C14H24O/c1-4-5-6-7-8-12-11-13(15)9-10-14(12,2)3/h4,12H,1,5-11H2,2-3H3/t12-/m0/s1. The Kier molecular flexibility index (Phi) is 4.56. The molecule has 0 bridgehead atoms. The lowest BCUT2D eigenvalue weighted by Gasteiger charge is -2.38. The molecule has 1 aliphatic rings. The van der Waals surface area contributed by atoms with Crippen LogP contribution in [0, 0.1) is 11.3 Å². The van der Waals surface area contributed by atoms with Crippen molar-refractivity contribution in [2.45, 2.75) is 58.8 Å². The van der Waals surface area contributed by atoms with Crippen LogP contribution in [-0.2, 0) is 4.79 Å². The second-order valence-corrected chi connectivity index (χ2v) is 5.50. The minimum atomic E-state index is 0.377. The van der Waals surface area contributed by atoms with Crippen molar-refractivity contribution < 1.29 is 4.79 Å². The van der Waals surface area contributed by atoms with Crippen molar-refractivity contribution in [1.29, 1.82) is 0 Å². The normalized spacial score (nSPS) is 25.2. The molecule has 15 heavy (non-hydrogen) atoms. The second kappa shape index (κ2) is 5.48. The van der Waals surface area contributed by atoms with Gasteiger partial charge in [0, 0.05) is 12.8 Å². The van der Waals surface area contributed by atoms with Gasteiger partial charge in [-0.1, -0.05) is 26.3 Å². The number of ketones is 1. The summed E-state index contributed by atoms with van der Waals surface area (Å²) in [6.45, 7) is 8.37. The fourth-order valence-electron chi connectivity index (χ4n) is 2.49. The summed E-state index contributed by atoms with van der Waals surface area (Å²) in [4.78, 5) is 11.4. The van der Waals surface area contributed by atoms with Crippen LogP contribution in [0.5, 0.6) is 0 Å². The zero-order valence-corrected chi connectivity index (χ0v) is 10.2. The highest BCUT2D eigenvalue weighted by Crippen LogP contribution is 2.41. The molecular formula is C14H24O. The average molecular weight is 208 g/mol. The lowest BCUT2D eigenvalue weighted by molar-refractivity contribution is -0.124. The molecule has 0 radical (unpaired) electrons. The molecule has 0 heterocycles. The van der Waals surface area contributed by atoms with E-state index in [2.05, 4.69) is 20.4 Å². The Labute approximate surface area is 93.9 Å². The van der Waals surface area contributed by atoms with Crippen molar-refractivity contribution >= 4 is 5.78 Å². The Hall–Kier alpha value is -0.590. The highest BCUT2D eigenvalue weighted by molar-refractivity contribution is 5.79. The molecule has 1 aliphatic carbocycles. The lowest BCUT2D eigenvalue weighted by atomic mass is 9.67. The SMILES string of the molecule is C=CCCCC[C@H]1CC(=O)CCC1(C)C. The molecule has 1 saturated carbocycles. The van der Waals surface area contributed by atoms with Gasteiger partial charge in [-0.3, -0.25) is 4.79 Å². The van der Waals surface area contributed by atoms with Gasteiger partial charge in [0.2, 0.25) is 0 Å². The van der Waals surface area contributed by atoms with E-state index in [1.165, 1.54) is 19.3 Å². The summed E-state index contributed by atoms with van der Waals surface area (Å²) in [5, 5.41) is 0. The molecular weight excluding hydrogens is 184 g/mol. The van der Waals surface area contributed by atoms with Crippen molar-refractivity contribution in [3.8, 4) is 0 Å². The van der Waals surface area contributed by atoms with Crippen LogP contribution < -0.4 is 0 Å². The van der Waals surface area contributed by atoms with Crippen LogP contribution in [-0.4, -0.2) is 5.78 Å². The maximum absolute atomic E-state index is 11.4. The average Bonchev–Trinajstić information content (AvgIpc) is 2.18. The van der Waals surface area contributed by atoms with Gasteiger partial charge in [0.15, 0.2) is 0 Å². The van der Waals surface area contributed by atoms with Crippen LogP contribution in [0.2, 0.25) is 0 Å². The number of hydrogen-bond donors (Lipinski definition) is 0. The van der Waals surface area contributed by atoms with Crippen LogP contribution >= 0.6 is 0 Å². The van der Waals surface area contributed by atoms with Crippen molar-refractivity contribution in [3.63, 3.8) is 0 Å². The van der Waals surface area contributed by atoms with Crippen LogP contribution in [0.4, 0.5) is 0 Å². The van der Waals surface area contributed by atoms with E-state index in [1.807, 2.05) is 6.08 Å². The minimum Gasteiger partial charge on any atom is -0.300 e. The third kappa shape index (κ3) is 3.81. The van der Waals surface area contributed by atoms with Gasteiger partial charge in [0.1, 0.15) is 5.78 Å². The molecule has 0 unspecified atom stereocenters. The van der Waals surface area contributed by atoms with Crippen LogP contribution in [0.3, 0.4) is 0 Å². The fourth-order valence-corrected chi connectivity index (χ4v) is 2.49. The first kappa shape index (κ1) is 12.5. The Morgan fingerprint density at radius 1 is 1.47 bits per heavy atom. The van der Waals surface area contributed by atoms with E-state index < -0.39 is 0 Å². The maximum atomic E-state index is 11.4. The Morgan fingerprint density at radius 2 is 2.20 bits per heavy atom. The molecule has 1 heteroatoms. The van der Waals surface area contributed by atoms with E-state index in [1.54, 1.807) is 0 Å². The smallest absolute Gasteiger partial charge is 0.133 e. The number of carbonyl (C=O) groups excluding carboxylic acids is 1. The number of allylic oxidation sites excluding steroid dienone is 1. The summed E-state index contributed by atoms with van der Waals surface area (Å²) in [7, 11) is 0. The molecule has 0 amide bonds. The number of unbranched alkanes of at least 4 members (excludes halogenated alkanes) is 2. The molecule has 86 valence electrons. The van der Waals surface area contributed by atoms with E-state index in [-0.39, 0.29) is 0 Å². The molecule has 1 nitrogen and oxygen atoms in total. The molecule has 0 spiro atoms. The number of Topliss-reactive ketones (excluding diaryl/α,β-unsaturated/α-hetero) is 1. The first-order chi connectivity index (χ1) is 7.06. The van der Waals surface area contributed by atoms with Gasteiger partial charge in [-0.05, 0) is 37.0 Å². The summed E-state index contributed by atoms with van der Waals surface area (Å²) in [6.07, 6.45) is 9.48. The van der Waals surface area contributed by atoms with E-state index in [0.29, 0.717) is 17.1 Å². The molecule has 1 rings (SSSR count). The van der Waals surface area contributed by atoms with Gasteiger partial charge >= 0.3 is 0 Å². The zero-order valence-electron chi connectivity index (χ0n) is 10.2. The van der Waals surface area contributed by atoms with Gasteiger partial charge in [-0.25, -0.2) is 0 Å². The fraction of sp³-hybridized carbons (Fsp3) is 0.786. The highest BCUT2D eigenvalue weighted by atomic mass is 16.1. The molecule has 0 aromatic heterocycles. The van der Waals surface area contributed by atoms with Crippen LogP contribution in [0.1, 0.15) is 58.8 Å². The van der Waals surface area contributed by atoms with E-state index in [0.717, 1.165) is 25.7 Å². The quantitative estimate of drug-likeness (QED) is 0.490. The Balaban J connectivity index is 2.36. The molecule has 1 atom stereocenters. The summed E-state index contributed by atoms with van der Waals surface area (Å²) < 4.78 is 0. The van der Waals surface area contributed by atoms with Crippen molar-refractivity contribution in [1.82, 2.24) is 0 Å². The lowest BCUT2D eigenvalue weighted by Crippen LogP contribution is -2.31. The van der Waals surface area contributed by atoms with Crippen molar-refractivity contribution in [2.75, 3.05) is 0 Å². The predicted molar refractivity (Wildman–Crippen MR) is 64.8 cm³/mol. The Morgan fingerprint density at radius 3 is 2.87 bits per heavy atom. The molecule has 0 saturated heterocycles. The third-order valence-electron chi connectivity index (χ3n) is 3.84. The minimum absolute atomic E-state index is 0.377. The topological polar surface area (TPSA) is 17.1 Å². The monoisotopic (exact) mass is 208 g/mol. The van der Waals surface area contributed by atoms with Crippen molar-refractivity contribution in [2.24, 2.45) is 11.3 Å². The first-order valence-electron chi connectivity index (χ1n) is 6.19. The van der Waals surface area contributed by atoms with Gasteiger partial charge < -0.3 is 0 Å². The number of carbonyl (C=O) groups is 1. The summed E-state index contributed by atoms with van der Waals surface area (Å²) >= 11 is 0. The molecule has 0 N–H and O–H groups in total. The third-order valence-corrected chi connectivity index (χ3v) is 3.84. The predicted octanol–water partition coefficient (Wildman–Crippen LogP) is 4.13. The van der Waals surface area contributed by atoms with E-state index >= 15 is 0 Å². The molecule has 0 aromatic carbocycles. The van der Waals surface area contributed by atoms with E-state index in [4.69, 9.17) is 0 Å². The maximum Gasteiger partial charge on any atom is 0.133 e. The van der Waals surface area contributed by atoms with Crippen LogP contribution in [0.15, 0.2) is 12.7 Å². The number of rotatable bonds is 5. The summed E-state index contributed by atoms with van der Waals surface area (Å²) in [6, 6.07) is 0. The van der Waals surface area contributed by atoms with E-state index in [9.17, 15) is 4.79 Å². The summed E-state index contributed by atoms with van der Waals surface area (Å²) in [5.41, 5.74) is 0.377. The first-order valence-corrected chi connectivity index (χ1v) is 6.19. The van der Waals surface area contributed by atoms with Crippen molar-refractivity contribution in [3.05, 3.63) is 12.7 Å². The molecule has 0 aliphatic heterocycles. The van der Waals surface area contributed by atoms with Crippen LogP contribution in [0.25, 0.3) is 0 Å². The summed E-state index contributed by atoms with van der Waals surface area (Å²) in [5.74, 6) is 1.09. The molecule has 1 fully saturated rings. The Bertz CT molecular complexity index is 227. The second-order valence-electron chi connectivity index (χ2n) is 5.50. The number of hydrogen-bond acceptors (Lipinski definition) is 1. The highest BCUT2D eigenvalue weighted by Gasteiger charge is 2.34. The van der Waals surface area contributed by atoms with Gasteiger partial charge in [0.05, 0.1) is 0 Å². The van der Waals surface area contributed by atoms with Gasteiger partial charge in [-0.15, -0.1) is 6.58 Å². The molecule has 0 aromatic rings. The van der Waals surface area contributed by atoms with Gasteiger partial charge in [0.25, 0.3) is 0 Å². The van der Waals surface area contributed by atoms with Gasteiger partial charge in [-0.2, -0.15) is 0 Å². The zero-order chi connectivity index (χ0) is 11.3.